The third-order valence-corrected chi connectivity index (χ3v) is 4.32. The minimum absolute atomic E-state index is 0.0738. The number of amides is 2. The van der Waals surface area contributed by atoms with E-state index in [9.17, 15) is 14.0 Å². The fourth-order valence-electron chi connectivity index (χ4n) is 2.69. The minimum atomic E-state index is -0.143. The molecule has 0 unspecified atom stereocenters. The largest absolute Gasteiger partial charge is 0.489 e. The third-order valence-electron chi connectivity index (χ3n) is 4.32. The Hall–Kier alpha value is -2.37. The summed E-state index contributed by atoms with van der Waals surface area (Å²) < 4.78 is 18.2. The molecule has 0 bridgehead atoms. The Labute approximate surface area is 154 Å². The van der Waals surface area contributed by atoms with E-state index < -0.39 is 0 Å². The van der Waals surface area contributed by atoms with E-state index in [4.69, 9.17) is 4.74 Å². The van der Waals surface area contributed by atoms with Crippen molar-refractivity contribution < 1.29 is 18.7 Å². The molecule has 5 nitrogen and oxygen atoms in total. The van der Waals surface area contributed by atoms with Crippen LogP contribution in [-0.4, -0.2) is 43.0 Å². The van der Waals surface area contributed by atoms with Crippen LogP contribution in [0.2, 0.25) is 0 Å². The van der Waals surface area contributed by atoms with Crippen molar-refractivity contribution in [1.82, 2.24) is 10.2 Å². The molecule has 2 rings (SSSR count). The SMILES string of the molecule is CC/C(=C\F)COc1ccc2c(c1)CCN(CC(=O)NCC(C)C)C2=O. The second kappa shape index (κ2) is 9.36. The highest BCUT2D eigenvalue weighted by Crippen LogP contribution is 2.24. The van der Waals surface area contributed by atoms with Gasteiger partial charge < -0.3 is 15.0 Å². The standard InChI is InChI=1S/C20H27FN2O3/c1-4-15(10-21)13-26-17-5-6-18-16(9-17)7-8-23(20(18)25)12-19(24)22-11-14(2)3/h5-6,9-10,14H,4,7-8,11-13H2,1-3H3,(H,22,24)/b15-10+. The van der Waals surface area contributed by atoms with Crippen LogP contribution in [0, 0.1) is 5.92 Å². The van der Waals surface area contributed by atoms with Crippen LogP contribution in [0.15, 0.2) is 30.1 Å². The summed E-state index contributed by atoms with van der Waals surface area (Å²) >= 11 is 0. The second-order valence-corrected chi connectivity index (χ2v) is 6.90. The predicted molar refractivity (Wildman–Crippen MR) is 98.9 cm³/mol. The van der Waals surface area contributed by atoms with Crippen molar-refractivity contribution in [3.63, 3.8) is 0 Å². The van der Waals surface area contributed by atoms with Gasteiger partial charge in [-0.15, -0.1) is 0 Å². The van der Waals surface area contributed by atoms with Crippen LogP contribution in [-0.2, 0) is 11.2 Å². The van der Waals surface area contributed by atoms with Gasteiger partial charge in [-0.3, -0.25) is 9.59 Å². The van der Waals surface area contributed by atoms with Crippen molar-refractivity contribution in [2.75, 3.05) is 26.2 Å². The van der Waals surface area contributed by atoms with Gasteiger partial charge in [-0.05, 0) is 48.1 Å². The van der Waals surface area contributed by atoms with Gasteiger partial charge in [0.1, 0.15) is 12.4 Å². The first kappa shape index (κ1) is 19.9. The maximum absolute atomic E-state index is 12.6. The third kappa shape index (κ3) is 5.31. The highest BCUT2D eigenvalue weighted by Gasteiger charge is 2.26. The quantitative estimate of drug-likeness (QED) is 0.773. The van der Waals surface area contributed by atoms with Gasteiger partial charge in [0.25, 0.3) is 5.91 Å². The molecule has 0 aromatic heterocycles. The molecule has 142 valence electrons. The van der Waals surface area contributed by atoms with Crippen LogP contribution in [0.3, 0.4) is 0 Å². The first-order chi connectivity index (χ1) is 12.4. The Morgan fingerprint density at radius 2 is 2.19 bits per heavy atom. The number of hydrogen-bond acceptors (Lipinski definition) is 3. The molecule has 2 amide bonds. The molecule has 0 aliphatic carbocycles. The molecule has 0 radical (unpaired) electrons. The molecule has 1 aromatic rings. The van der Waals surface area contributed by atoms with Crippen molar-refractivity contribution >= 4 is 11.8 Å². The Morgan fingerprint density at radius 3 is 2.85 bits per heavy atom. The first-order valence-electron chi connectivity index (χ1n) is 9.04. The zero-order chi connectivity index (χ0) is 19.1. The van der Waals surface area contributed by atoms with Gasteiger partial charge in [-0.25, -0.2) is 4.39 Å². The highest BCUT2D eigenvalue weighted by atomic mass is 19.1. The van der Waals surface area contributed by atoms with Gasteiger partial charge >= 0.3 is 0 Å². The summed E-state index contributed by atoms with van der Waals surface area (Å²) in [5, 5.41) is 2.83. The van der Waals surface area contributed by atoms with E-state index in [1.165, 1.54) is 0 Å². The van der Waals surface area contributed by atoms with Crippen LogP contribution in [0.1, 0.15) is 43.1 Å². The van der Waals surface area contributed by atoms with E-state index in [1.54, 1.807) is 17.0 Å². The normalized spacial score (nSPS) is 14.4. The monoisotopic (exact) mass is 362 g/mol. The van der Waals surface area contributed by atoms with E-state index in [1.807, 2.05) is 26.8 Å². The maximum Gasteiger partial charge on any atom is 0.254 e. The van der Waals surface area contributed by atoms with Crippen LogP contribution >= 0.6 is 0 Å². The lowest BCUT2D eigenvalue weighted by Gasteiger charge is -2.28. The summed E-state index contributed by atoms with van der Waals surface area (Å²) in [6.07, 6.45) is 1.83. The fraction of sp³-hybridized carbons (Fsp3) is 0.500. The number of carbonyl (C=O) groups is 2. The number of halogens is 1. The van der Waals surface area contributed by atoms with Gasteiger partial charge in [0.05, 0.1) is 12.9 Å². The van der Waals surface area contributed by atoms with Gasteiger partial charge in [0.2, 0.25) is 5.91 Å². The maximum atomic E-state index is 12.6. The van der Waals surface area contributed by atoms with Crippen LogP contribution in [0.5, 0.6) is 5.75 Å². The molecule has 1 N–H and O–H groups in total. The van der Waals surface area contributed by atoms with Gasteiger partial charge in [0, 0.05) is 18.7 Å². The van der Waals surface area contributed by atoms with Crippen molar-refractivity contribution in [3.05, 3.63) is 41.2 Å². The second-order valence-electron chi connectivity index (χ2n) is 6.90. The Balaban J connectivity index is 1.98. The van der Waals surface area contributed by atoms with Gasteiger partial charge in [0.15, 0.2) is 0 Å². The predicted octanol–water partition coefficient (Wildman–Crippen LogP) is 3.10. The molecule has 0 spiro atoms. The molecule has 0 fully saturated rings. The fourth-order valence-corrected chi connectivity index (χ4v) is 2.69. The average molecular weight is 362 g/mol. The molecule has 1 aliphatic rings. The molecule has 26 heavy (non-hydrogen) atoms. The smallest absolute Gasteiger partial charge is 0.254 e. The summed E-state index contributed by atoms with van der Waals surface area (Å²) in [7, 11) is 0. The minimum Gasteiger partial charge on any atom is -0.489 e. The molecule has 0 atom stereocenters. The molecule has 1 aliphatic heterocycles. The number of fused-ring (bicyclic) bond motifs is 1. The lowest BCUT2D eigenvalue weighted by atomic mass is 9.98. The van der Waals surface area contributed by atoms with Crippen molar-refractivity contribution in [1.29, 1.82) is 0 Å². The lowest BCUT2D eigenvalue weighted by molar-refractivity contribution is -0.122. The molecule has 1 heterocycles. The van der Waals surface area contributed by atoms with Crippen LogP contribution in [0.25, 0.3) is 0 Å². The summed E-state index contributed by atoms with van der Waals surface area (Å²) in [4.78, 5) is 26.1. The molecule has 1 aromatic carbocycles. The van der Waals surface area contributed by atoms with Crippen molar-refractivity contribution in [2.45, 2.75) is 33.6 Å². The Morgan fingerprint density at radius 1 is 1.42 bits per heavy atom. The summed E-state index contributed by atoms with van der Waals surface area (Å²) in [6, 6.07) is 5.26. The number of benzene rings is 1. The van der Waals surface area contributed by atoms with E-state index in [-0.39, 0.29) is 25.0 Å². The van der Waals surface area contributed by atoms with Crippen LogP contribution < -0.4 is 10.1 Å². The molecule has 6 heteroatoms. The van der Waals surface area contributed by atoms with Gasteiger partial charge in [-0.1, -0.05) is 20.8 Å². The van der Waals surface area contributed by atoms with E-state index in [2.05, 4.69) is 5.32 Å². The molecule has 0 saturated carbocycles. The molecular weight excluding hydrogens is 335 g/mol. The summed E-state index contributed by atoms with van der Waals surface area (Å²) in [5.41, 5.74) is 2.07. The number of rotatable bonds is 8. The number of hydrogen-bond donors (Lipinski definition) is 1. The zero-order valence-corrected chi connectivity index (χ0v) is 15.7. The molecular formula is C20H27FN2O3. The lowest BCUT2D eigenvalue weighted by Crippen LogP contribution is -2.44. The Kier molecular flexibility index (Phi) is 7.18. The van der Waals surface area contributed by atoms with Crippen LogP contribution in [0.4, 0.5) is 4.39 Å². The topological polar surface area (TPSA) is 58.6 Å². The van der Waals surface area contributed by atoms with Gasteiger partial charge in [-0.2, -0.15) is 0 Å². The number of nitrogens with one attached hydrogen (secondary N) is 1. The van der Waals surface area contributed by atoms with Crippen molar-refractivity contribution in [3.8, 4) is 5.75 Å². The van der Waals surface area contributed by atoms with E-state index in [0.717, 1.165) is 5.56 Å². The van der Waals surface area contributed by atoms with Crippen molar-refractivity contribution in [2.24, 2.45) is 5.92 Å². The molecule has 0 saturated heterocycles. The number of nitrogens with zero attached hydrogens (tertiary/aromatic N) is 1. The van der Waals surface area contributed by atoms with E-state index in [0.29, 0.717) is 55.1 Å². The summed E-state index contributed by atoms with van der Waals surface area (Å²) in [5.74, 6) is 0.707. The number of ether oxygens (including phenoxy) is 1. The Bertz CT molecular complexity index is 686. The summed E-state index contributed by atoms with van der Waals surface area (Å²) in [6.45, 7) is 7.28. The highest BCUT2D eigenvalue weighted by molar-refractivity contribution is 5.98. The first-order valence-corrected chi connectivity index (χ1v) is 9.04. The number of carbonyl (C=O) groups excluding carboxylic acids is 2. The average Bonchev–Trinajstić information content (AvgIpc) is 2.63. The zero-order valence-electron chi connectivity index (χ0n) is 15.7. The van der Waals surface area contributed by atoms with E-state index >= 15 is 0 Å².